The van der Waals surface area contributed by atoms with Gasteiger partial charge < -0.3 is 5.73 Å². The van der Waals surface area contributed by atoms with Gasteiger partial charge in [0.15, 0.2) is 5.82 Å². The zero-order valence-corrected chi connectivity index (χ0v) is 11.8. The van der Waals surface area contributed by atoms with Crippen molar-refractivity contribution in [2.75, 3.05) is 0 Å². The van der Waals surface area contributed by atoms with Gasteiger partial charge in [0.1, 0.15) is 0 Å². The van der Waals surface area contributed by atoms with Crippen LogP contribution in [0.4, 0.5) is 0 Å². The van der Waals surface area contributed by atoms with Crippen LogP contribution in [0.5, 0.6) is 0 Å². The van der Waals surface area contributed by atoms with Crippen molar-refractivity contribution in [1.29, 1.82) is 0 Å². The molecule has 98 valence electrons. The average Bonchev–Trinajstić information content (AvgIpc) is 2.99. The van der Waals surface area contributed by atoms with Gasteiger partial charge in [-0.05, 0) is 11.5 Å². The maximum atomic E-state index is 5.62. The zero-order chi connectivity index (χ0) is 13.4. The minimum absolute atomic E-state index is 0.451. The first-order valence-corrected chi connectivity index (χ1v) is 7.20. The fraction of sp³-hybridized carbons (Fsp3) is 0.286. The van der Waals surface area contributed by atoms with Gasteiger partial charge in [-0.15, -0.1) is 21.5 Å². The van der Waals surface area contributed by atoms with Crippen molar-refractivity contribution in [3.63, 3.8) is 0 Å². The average molecular weight is 272 g/mol. The number of nitrogens with two attached hydrogens (primary N) is 1. The molecule has 2 heterocycles. The quantitative estimate of drug-likeness (QED) is 0.797. The molecule has 0 saturated heterocycles. The van der Waals surface area contributed by atoms with Crippen molar-refractivity contribution in [2.45, 2.75) is 26.3 Å². The molecule has 0 aliphatic carbocycles. The van der Waals surface area contributed by atoms with Gasteiger partial charge in [-0.3, -0.25) is 4.40 Å². The lowest BCUT2D eigenvalue weighted by Gasteiger charge is -2.06. The Morgan fingerprint density at radius 1 is 1.21 bits per heavy atom. The highest BCUT2D eigenvalue weighted by atomic mass is 32.1. The first kappa shape index (κ1) is 12.3. The molecule has 0 aliphatic rings. The summed E-state index contributed by atoms with van der Waals surface area (Å²) >= 11 is 1.63. The van der Waals surface area contributed by atoms with E-state index >= 15 is 0 Å². The Kier molecular flexibility index (Phi) is 3.08. The number of thiazole rings is 1. The predicted octanol–water partition coefficient (Wildman–Crippen LogP) is 3.04. The van der Waals surface area contributed by atoms with Gasteiger partial charge in [0.05, 0.1) is 0 Å². The van der Waals surface area contributed by atoms with E-state index in [-0.39, 0.29) is 0 Å². The minimum Gasteiger partial charge on any atom is -0.326 e. The summed E-state index contributed by atoms with van der Waals surface area (Å²) in [5.74, 6) is 1.36. The molecular formula is C14H16N4S. The molecule has 3 aromatic rings. The summed E-state index contributed by atoms with van der Waals surface area (Å²) in [7, 11) is 0. The van der Waals surface area contributed by atoms with Crippen molar-refractivity contribution in [3.8, 4) is 11.4 Å². The molecule has 19 heavy (non-hydrogen) atoms. The summed E-state index contributed by atoms with van der Waals surface area (Å²) in [6.07, 6.45) is 0. The molecule has 0 unspecified atom stereocenters. The fourth-order valence-electron chi connectivity index (χ4n) is 2.12. The lowest BCUT2D eigenvalue weighted by Crippen LogP contribution is -1.98. The number of hydrogen-bond acceptors (Lipinski definition) is 4. The standard InChI is InChI=1S/C14H16N4S/c1-9(2)12-8-19-14-17-16-13(18(12)14)11-5-3-10(7-15)4-6-11/h3-6,8-9H,7,15H2,1-2H3. The molecule has 3 rings (SSSR count). The van der Waals surface area contributed by atoms with Gasteiger partial charge in [-0.2, -0.15) is 0 Å². The van der Waals surface area contributed by atoms with E-state index in [0.717, 1.165) is 21.9 Å². The summed E-state index contributed by atoms with van der Waals surface area (Å²) in [5.41, 5.74) is 9.08. The monoisotopic (exact) mass is 272 g/mol. The second kappa shape index (κ2) is 4.75. The van der Waals surface area contributed by atoms with E-state index in [1.165, 1.54) is 5.69 Å². The molecular weight excluding hydrogens is 256 g/mol. The van der Waals surface area contributed by atoms with Gasteiger partial charge in [0.25, 0.3) is 0 Å². The normalized spacial score (nSPS) is 11.6. The van der Waals surface area contributed by atoms with Crippen LogP contribution in [-0.2, 0) is 6.54 Å². The van der Waals surface area contributed by atoms with E-state index in [0.29, 0.717) is 12.5 Å². The Balaban J connectivity index is 2.15. The second-order valence-corrected chi connectivity index (χ2v) is 5.69. The van der Waals surface area contributed by atoms with E-state index in [2.05, 4.69) is 46.0 Å². The Morgan fingerprint density at radius 3 is 2.58 bits per heavy atom. The van der Waals surface area contributed by atoms with Gasteiger partial charge in [0, 0.05) is 23.2 Å². The molecule has 0 amide bonds. The van der Waals surface area contributed by atoms with Crippen molar-refractivity contribution in [1.82, 2.24) is 14.6 Å². The number of aromatic nitrogens is 3. The number of rotatable bonds is 3. The van der Waals surface area contributed by atoms with Crippen molar-refractivity contribution in [3.05, 3.63) is 40.9 Å². The van der Waals surface area contributed by atoms with Crippen LogP contribution < -0.4 is 5.73 Å². The highest BCUT2D eigenvalue weighted by Gasteiger charge is 2.15. The maximum absolute atomic E-state index is 5.62. The van der Waals surface area contributed by atoms with Gasteiger partial charge in [0.2, 0.25) is 4.96 Å². The third-order valence-electron chi connectivity index (χ3n) is 3.22. The molecule has 0 aliphatic heterocycles. The Labute approximate surface area is 115 Å². The summed E-state index contributed by atoms with van der Waals surface area (Å²) in [4.78, 5) is 0.946. The lowest BCUT2D eigenvalue weighted by atomic mass is 10.1. The summed E-state index contributed by atoms with van der Waals surface area (Å²) in [6.45, 7) is 4.93. The van der Waals surface area contributed by atoms with Crippen LogP contribution in [0.1, 0.15) is 31.0 Å². The number of hydrogen-bond donors (Lipinski definition) is 1. The highest BCUT2D eigenvalue weighted by Crippen LogP contribution is 2.27. The smallest absolute Gasteiger partial charge is 0.216 e. The number of nitrogens with zero attached hydrogens (tertiary/aromatic N) is 3. The Morgan fingerprint density at radius 2 is 1.95 bits per heavy atom. The van der Waals surface area contributed by atoms with E-state index in [9.17, 15) is 0 Å². The molecule has 5 heteroatoms. The van der Waals surface area contributed by atoms with E-state index in [1.54, 1.807) is 11.3 Å². The minimum atomic E-state index is 0.451. The molecule has 2 N–H and O–H groups in total. The Hall–Kier alpha value is -1.72. The first-order chi connectivity index (χ1) is 9.20. The van der Waals surface area contributed by atoms with Crippen LogP contribution in [0, 0.1) is 0 Å². The molecule has 0 radical (unpaired) electrons. The van der Waals surface area contributed by atoms with Crippen LogP contribution in [0.15, 0.2) is 29.6 Å². The molecule has 0 bridgehead atoms. The third-order valence-corrected chi connectivity index (χ3v) is 4.05. The van der Waals surface area contributed by atoms with Crippen LogP contribution >= 0.6 is 11.3 Å². The van der Waals surface area contributed by atoms with Crippen molar-refractivity contribution >= 4 is 16.3 Å². The van der Waals surface area contributed by atoms with Gasteiger partial charge in [-0.1, -0.05) is 38.1 Å². The van der Waals surface area contributed by atoms with Crippen molar-refractivity contribution < 1.29 is 0 Å². The second-order valence-electron chi connectivity index (χ2n) is 4.86. The van der Waals surface area contributed by atoms with E-state index < -0.39 is 0 Å². The van der Waals surface area contributed by atoms with E-state index in [4.69, 9.17) is 5.73 Å². The molecule has 0 fully saturated rings. The fourth-order valence-corrected chi connectivity index (χ4v) is 3.10. The van der Waals surface area contributed by atoms with Gasteiger partial charge >= 0.3 is 0 Å². The highest BCUT2D eigenvalue weighted by molar-refractivity contribution is 7.15. The van der Waals surface area contributed by atoms with Crippen LogP contribution in [0.3, 0.4) is 0 Å². The Bertz CT molecular complexity index is 694. The molecule has 0 spiro atoms. The van der Waals surface area contributed by atoms with Crippen LogP contribution in [0.25, 0.3) is 16.3 Å². The van der Waals surface area contributed by atoms with Crippen molar-refractivity contribution in [2.24, 2.45) is 5.73 Å². The molecule has 2 aromatic heterocycles. The summed E-state index contributed by atoms with van der Waals surface area (Å²) in [5, 5.41) is 10.7. The predicted molar refractivity (Wildman–Crippen MR) is 78.3 cm³/mol. The molecule has 0 saturated carbocycles. The summed E-state index contributed by atoms with van der Waals surface area (Å²) < 4.78 is 2.15. The third kappa shape index (κ3) is 2.05. The van der Waals surface area contributed by atoms with Crippen LogP contribution in [-0.4, -0.2) is 14.6 Å². The maximum Gasteiger partial charge on any atom is 0.216 e. The zero-order valence-electron chi connectivity index (χ0n) is 11.0. The molecule has 4 nitrogen and oxygen atoms in total. The largest absolute Gasteiger partial charge is 0.326 e. The molecule has 1 aromatic carbocycles. The van der Waals surface area contributed by atoms with Gasteiger partial charge in [-0.25, -0.2) is 0 Å². The van der Waals surface area contributed by atoms with Crippen LogP contribution in [0.2, 0.25) is 0 Å². The van der Waals surface area contributed by atoms with E-state index in [1.807, 2.05) is 12.1 Å². The topological polar surface area (TPSA) is 56.2 Å². The first-order valence-electron chi connectivity index (χ1n) is 6.32. The lowest BCUT2D eigenvalue weighted by molar-refractivity contribution is 0.811. The SMILES string of the molecule is CC(C)c1csc2nnc(-c3ccc(CN)cc3)n12. The number of benzene rings is 1. The summed E-state index contributed by atoms with van der Waals surface area (Å²) in [6, 6.07) is 8.19. The number of fused-ring (bicyclic) bond motifs is 1. The molecule has 0 atom stereocenters.